The Kier molecular flexibility index (Phi) is 8.03. The molecule has 0 radical (unpaired) electrons. The summed E-state index contributed by atoms with van der Waals surface area (Å²) in [7, 11) is 3.47. The lowest BCUT2D eigenvalue weighted by Gasteiger charge is -2.45. The van der Waals surface area contributed by atoms with Crippen LogP contribution in [0.15, 0.2) is 0 Å². The number of nitrogens with zero attached hydrogens (tertiary/aromatic N) is 1. The first-order valence-electron chi connectivity index (χ1n) is 6.74. The molecule has 0 bridgehead atoms. The second-order valence-electron chi connectivity index (χ2n) is 6.20. The summed E-state index contributed by atoms with van der Waals surface area (Å²) >= 11 is 0. The summed E-state index contributed by atoms with van der Waals surface area (Å²) in [5, 5.41) is 0. The monoisotopic (exact) mass is 260 g/mol. The molecule has 0 aromatic rings. The number of hydrogen-bond donors (Lipinski definition) is 1. The van der Waals surface area contributed by atoms with Gasteiger partial charge in [0, 0.05) is 38.9 Å². The standard InChI is InChI=1S/C14H32N2O2/c1-11(10-18-7)16(8-9-17-6)13(12(2)15)14(3,4)5/h11-13H,8-10,15H2,1-7H3. The Morgan fingerprint density at radius 1 is 1.11 bits per heavy atom. The molecule has 0 aromatic carbocycles. The van der Waals surface area contributed by atoms with Crippen LogP contribution in [-0.2, 0) is 9.47 Å². The summed E-state index contributed by atoms with van der Waals surface area (Å²) in [5.74, 6) is 0. The molecule has 4 heteroatoms. The van der Waals surface area contributed by atoms with Crippen LogP contribution in [-0.4, -0.2) is 57.0 Å². The Morgan fingerprint density at radius 3 is 2.00 bits per heavy atom. The van der Waals surface area contributed by atoms with Gasteiger partial charge in [-0.25, -0.2) is 0 Å². The molecule has 0 aromatic heterocycles. The molecule has 0 saturated carbocycles. The van der Waals surface area contributed by atoms with Crippen molar-refractivity contribution in [3.63, 3.8) is 0 Å². The smallest absolute Gasteiger partial charge is 0.0615 e. The van der Waals surface area contributed by atoms with Crippen molar-refractivity contribution in [2.45, 2.75) is 52.7 Å². The molecular formula is C14H32N2O2. The molecule has 2 N–H and O–H groups in total. The largest absolute Gasteiger partial charge is 0.383 e. The second kappa shape index (κ2) is 8.10. The maximum Gasteiger partial charge on any atom is 0.0615 e. The van der Waals surface area contributed by atoms with Crippen molar-refractivity contribution in [2.75, 3.05) is 34.0 Å². The van der Waals surface area contributed by atoms with Crippen molar-refractivity contribution in [3.8, 4) is 0 Å². The third-order valence-corrected chi connectivity index (χ3v) is 3.27. The molecule has 4 nitrogen and oxygen atoms in total. The van der Waals surface area contributed by atoms with Crippen LogP contribution in [0.5, 0.6) is 0 Å². The van der Waals surface area contributed by atoms with Crippen LogP contribution in [0, 0.1) is 5.41 Å². The van der Waals surface area contributed by atoms with Crippen molar-refractivity contribution >= 4 is 0 Å². The minimum absolute atomic E-state index is 0.112. The molecule has 0 aliphatic heterocycles. The highest BCUT2D eigenvalue weighted by molar-refractivity contribution is 4.91. The highest BCUT2D eigenvalue weighted by atomic mass is 16.5. The molecule has 3 unspecified atom stereocenters. The highest BCUT2D eigenvalue weighted by Crippen LogP contribution is 2.28. The first kappa shape index (κ1) is 17.8. The minimum Gasteiger partial charge on any atom is -0.383 e. The zero-order valence-electron chi connectivity index (χ0n) is 13.2. The Bertz CT molecular complexity index is 214. The molecule has 110 valence electrons. The van der Waals surface area contributed by atoms with E-state index >= 15 is 0 Å². The maximum absolute atomic E-state index is 6.21. The summed E-state index contributed by atoms with van der Waals surface area (Å²) < 4.78 is 10.5. The zero-order valence-corrected chi connectivity index (χ0v) is 13.2. The van der Waals surface area contributed by atoms with Crippen molar-refractivity contribution in [2.24, 2.45) is 11.1 Å². The van der Waals surface area contributed by atoms with Gasteiger partial charge in [-0.05, 0) is 19.3 Å². The van der Waals surface area contributed by atoms with Gasteiger partial charge in [0.05, 0.1) is 13.2 Å². The number of hydrogen-bond acceptors (Lipinski definition) is 4. The van der Waals surface area contributed by atoms with Gasteiger partial charge in [-0.2, -0.15) is 0 Å². The van der Waals surface area contributed by atoms with Crippen LogP contribution in [0.3, 0.4) is 0 Å². The topological polar surface area (TPSA) is 47.7 Å². The predicted octanol–water partition coefficient (Wildman–Crippen LogP) is 1.73. The summed E-state index contributed by atoms with van der Waals surface area (Å²) in [6.07, 6.45) is 0. The van der Waals surface area contributed by atoms with Crippen LogP contribution in [0.25, 0.3) is 0 Å². The Hall–Kier alpha value is -0.160. The fourth-order valence-electron chi connectivity index (χ4n) is 2.76. The van der Waals surface area contributed by atoms with E-state index in [-0.39, 0.29) is 11.5 Å². The quantitative estimate of drug-likeness (QED) is 0.722. The van der Waals surface area contributed by atoms with Crippen molar-refractivity contribution in [1.82, 2.24) is 4.90 Å². The SMILES string of the molecule is COCCN(C(C)COC)C(C(C)N)C(C)(C)C. The molecule has 0 saturated heterocycles. The van der Waals surface area contributed by atoms with E-state index in [9.17, 15) is 0 Å². The summed E-state index contributed by atoms with van der Waals surface area (Å²) in [6.45, 7) is 13.3. The van der Waals surface area contributed by atoms with E-state index in [1.807, 2.05) is 0 Å². The van der Waals surface area contributed by atoms with E-state index < -0.39 is 0 Å². The van der Waals surface area contributed by atoms with Crippen molar-refractivity contribution < 1.29 is 9.47 Å². The van der Waals surface area contributed by atoms with Crippen LogP contribution >= 0.6 is 0 Å². The lowest BCUT2D eigenvalue weighted by atomic mass is 9.81. The van der Waals surface area contributed by atoms with E-state index in [1.165, 1.54) is 0 Å². The van der Waals surface area contributed by atoms with E-state index in [1.54, 1.807) is 14.2 Å². The molecule has 0 aliphatic carbocycles. The molecular weight excluding hydrogens is 228 g/mol. The van der Waals surface area contributed by atoms with Crippen molar-refractivity contribution in [1.29, 1.82) is 0 Å². The van der Waals surface area contributed by atoms with Crippen LogP contribution in [0.4, 0.5) is 0 Å². The number of rotatable bonds is 8. The van der Waals surface area contributed by atoms with Crippen LogP contribution in [0.1, 0.15) is 34.6 Å². The highest BCUT2D eigenvalue weighted by Gasteiger charge is 2.35. The fourth-order valence-corrected chi connectivity index (χ4v) is 2.76. The molecule has 3 atom stereocenters. The Balaban J connectivity index is 4.97. The average molecular weight is 260 g/mol. The third-order valence-electron chi connectivity index (χ3n) is 3.27. The Morgan fingerprint density at radius 2 is 1.67 bits per heavy atom. The van der Waals surface area contributed by atoms with Gasteiger partial charge < -0.3 is 15.2 Å². The maximum atomic E-state index is 6.21. The van der Waals surface area contributed by atoms with Crippen LogP contribution in [0.2, 0.25) is 0 Å². The lowest BCUT2D eigenvalue weighted by Crippen LogP contribution is -2.58. The summed E-state index contributed by atoms with van der Waals surface area (Å²) in [4.78, 5) is 2.41. The Labute approximate surface area is 113 Å². The molecule has 0 rings (SSSR count). The zero-order chi connectivity index (χ0) is 14.3. The van der Waals surface area contributed by atoms with E-state index in [0.29, 0.717) is 25.3 Å². The third kappa shape index (κ3) is 5.65. The number of methoxy groups -OCH3 is 2. The van der Waals surface area contributed by atoms with Gasteiger partial charge in [0.25, 0.3) is 0 Å². The van der Waals surface area contributed by atoms with Gasteiger partial charge in [-0.3, -0.25) is 4.90 Å². The van der Waals surface area contributed by atoms with Gasteiger partial charge in [0.15, 0.2) is 0 Å². The second-order valence-corrected chi connectivity index (χ2v) is 6.20. The van der Waals surface area contributed by atoms with Gasteiger partial charge in [-0.15, -0.1) is 0 Å². The van der Waals surface area contributed by atoms with Crippen LogP contribution < -0.4 is 5.73 Å². The van der Waals surface area contributed by atoms with Crippen molar-refractivity contribution in [3.05, 3.63) is 0 Å². The molecule has 0 fully saturated rings. The first-order valence-corrected chi connectivity index (χ1v) is 6.74. The average Bonchev–Trinajstić information content (AvgIpc) is 2.21. The summed E-state index contributed by atoms with van der Waals surface area (Å²) in [5.41, 5.74) is 6.33. The normalized spacial score (nSPS) is 17.8. The number of nitrogens with two attached hydrogens (primary N) is 1. The molecule has 0 heterocycles. The lowest BCUT2D eigenvalue weighted by molar-refractivity contribution is 0.00150. The molecule has 18 heavy (non-hydrogen) atoms. The fraction of sp³-hybridized carbons (Fsp3) is 1.00. The van der Waals surface area contributed by atoms with Gasteiger partial charge >= 0.3 is 0 Å². The molecule has 0 aliphatic rings. The van der Waals surface area contributed by atoms with Gasteiger partial charge in [0.1, 0.15) is 0 Å². The summed E-state index contributed by atoms with van der Waals surface area (Å²) in [6, 6.07) is 0.749. The minimum atomic E-state index is 0.112. The number of ether oxygens (including phenoxy) is 2. The van der Waals surface area contributed by atoms with E-state index in [0.717, 1.165) is 6.54 Å². The predicted molar refractivity (Wildman–Crippen MR) is 76.8 cm³/mol. The first-order chi connectivity index (χ1) is 8.25. The van der Waals surface area contributed by atoms with E-state index in [4.69, 9.17) is 15.2 Å². The molecule has 0 spiro atoms. The van der Waals surface area contributed by atoms with Gasteiger partial charge in [-0.1, -0.05) is 20.8 Å². The molecule has 0 amide bonds. The van der Waals surface area contributed by atoms with Gasteiger partial charge in [0.2, 0.25) is 0 Å². The van der Waals surface area contributed by atoms with E-state index in [2.05, 4.69) is 39.5 Å².